The van der Waals surface area contributed by atoms with Crippen LogP contribution >= 0.6 is 15.9 Å². The summed E-state index contributed by atoms with van der Waals surface area (Å²) in [7, 11) is 0. The fraction of sp³-hybridized carbons (Fsp3) is 0. The Kier molecular flexibility index (Phi) is 3.61. The molecule has 1 aromatic heterocycles. The number of aromatic carboxylic acids is 1. The van der Waals surface area contributed by atoms with Gasteiger partial charge in [0, 0.05) is 10.5 Å². The van der Waals surface area contributed by atoms with Crippen molar-refractivity contribution < 1.29 is 23.6 Å². The van der Waals surface area contributed by atoms with Gasteiger partial charge in [-0.05, 0) is 34.1 Å². The first-order valence-electron chi connectivity index (χ1n) is 4.94. The van der Waals surface area contributed by atoms with Crippen LogP contribution in [-0.4, -0.2) is 22.1 Å². The highest BCUT2D eigenvalue weighted by Crippen LogP contribution is 2.23. The Hall–Kier alpha value is -2.22. The van der Waals surface area contributed by atoms with Crippen LogP contribution in [0.15, 0.2) is 33.3 Å². The molecular formula is C11H6BrFN2O4. The molecule has 0 radical (unpaired) electrons. The van der Waals surface area contributed by atoms with Crippen LogP contribution in [0.25, 0.3) is 0 Å². The standard InChI is InChI=1S/C11H6BrFN2O4/c12-6-3-5(13)1-2-7(6)14-10(16)8-4-9(11(17)18)19-15-8/h1-4H,(H,14,16)(H,17,18). The number of carboxylic acid groups (broad SMARTS) is 1. The molecule has 2 aromatic rings. The van der Waals surface area contributed by atoms with Crippen molar-refractivity contribution in [3.8, 4) is 0 Å². The van der Waals surface area contributed by atoms with E-state index in [4.69, 9.17) is 5.11 Å². The Bertz CT molecular complexity index is 656. The number of halogens is 2. The van der Waals surface area contributed by atoms with E-state index in [9.17, 15) is 14.0 Å². The lowest BCUT2D eigenvalue weighted by molar-refractivity contribution is 0.0651. The molecule has 0 atom stereocenters. The number of hydrogen-bond donors (Lipinski definition) is 2. The molecule has 0 spiro atoms. The zero-order valence-corrected chi connectivity index (χ0v) is 10.8. The number of rotatable bonds is 3. The number of nitrogens with zero attached hydrogens (tertiary/aromatic N) is 1. The van der Waals surface area contributed by atoms with E-state index in [1.807, 2.05) is 0 Å². The van der Waals surface area contributed by atoms with Crippen molar-refractivity contribution in [1.29, 1.82) is 0 Å². The molecule has 2 N–H and O–H groups in total. The fourth-order valence-electron chi connectivity index (χ4n) is 1.26. The van der Waals surface area contributed by atoms with Crippen molar-refractivity contribution >= 4 is 33.5 Å². The van der Waals surface area contributed by atoms with Gasteiger partial charge in [-0.15, -0.1) is 0 Å². The third-order valence-corrected chi connectivity index (χ3v) is 2.79. The van der Waals surface area contributed by atoms with E-state index >= 15 is 0 Å². The molecule has 19 heavy (non-hydrogen) atoms. The van der Waals surface area contributed by atoms with Gasteiger partial charge in [0.05, 0.1) is 5.69 Å². The molecule has 0 fully saturated rings. The van der Waals surface area contributed by atoms with Crippen molar-refractivity contribution in [2.45, 2.75) is 0 Å². The summed E-state index contributed by atoms with van der Waals surface area (Å²) in [5.74, 6) is -2.89. The Morgan fingerprint density at radius 3 is 2.68 bits per heavy atom. The average Bonchev–Trinajstić information content (AvgIpc) is 2.82. The second kappa shape index (κ2) is 5.19. The van der Waals surface area contributed by atoms with E-state index in [2.05, 4.69) is 30.9 Å². The molecule has 0 unspecified atom stereocenters. The summed E-state index contributed by atoms with van der Waals surface area (Å²) in [5.41, 5.74) is 0.139. The molecule has 0 aliphatic rings. The third kappa shape index (κ3) is 2.97. The van der Waals surface area contributed by atoms with Crippen LogP contribution in [0, 0.1) is 5.82 Å². The Morgan fingerprint density at radius 2 is 2.11 bits per heavy atom. The summed E-state index contributed by atoms with van der Waals surface area (Å²) < 4.78 is 17.7. The number of benzene rings is 1. The van der Waals surface area contributed by atoms with Crippen LogP contribution in [0.1, 0.15) is 21.0 Å². The van der Waals surface area contributed by atoms with Crippen LogP contribution in [0.3, 0.4) is 0 Å². The third-order valence-electron chi connectivity index (χ3n) is 2.13. The minimum atomic E-state index is -1.32. The first-order chi connectivity index (χ1) is 8.97. The summed E-state index contributed by atoms with van der Waals surface area (Å²) in [6.07, 6.45) is 0. The number of carbonyl (C=O) groups is 2. The zero-order chi connectivity index (χ0) is 14.0. The normalized spacial score (nSPS) is 10.2. The van der Waals surface area contributed by atoms with Crippen LogP contribution in [0.4, 0.5) is 10.1 Å². The maximum Gasteiger partial charge on any atom is 0.374 e. The predicted octanol–water partition coefficient (Wildman–Crippen LogP) is 2.53. The molecule has 6 nitrogen and oxygen atoms in total. The number of carbonyl (C=O) groups excluding carboxylic acids is 1. The van der Waals surface area contributed by atoms with Crippen LogP contribution in [0.5, 0.6) is 0 Å². The van der Waals surface area contributed by atoms with E-state index in [1.165, 1.54) is 18.2 Å². The van der Waals surface area contributed by atoms with E-state index < -0.39 is 23.5 Å². The van der Waals surface area contributed by atoms with E-state index in [0.29, 0.717) is 10.2 Å². The van der Waals surface area contributed by atoms with Crippen LogP contribution in [0.2, 0.25) is 0 Å². The number of hydrogen-bond acceptors (Lipinski definition) is 4. The molecule has 8 heteroatoms. The van der Waals surface area contributed by atoms with E-state index in [1.54, 1.807) is 0 Å². The summed E-state index contributed by atoms with van der Waals surface area (Å²) in [4.78, 5) is 22.3. The zero-order valence-electron chi connectivity index (χ0n) is 9.18. The maximum absolute atomic E-state index is 12.9. The van der Waals surface area contributed by atoms with Gasteiger partial charge < -0.3 is 14.9 Å². The summed E-state index contributed by atoms with van der Waals surface area (Å²) >= 11 is 3.08. The Balaban J connectivity index is 2.18. The lowest BCUT2D eigenvalue weighted by atomic mass is 10.3. The second-order valence-electron chi connectivity index (χ2n) is 3.46. The fourth-order valence-corrected chi connectivity index (χ4v) is 1.71. The van der Waals surface area contributed by atoms with Crippen molar-refractivity contribution in [2.24, 2.45) is 0 Å². The van der Waals surface area contributed by atoms with Gasteiger partial charge in [0.25, 0.3) is 5.91 Å². The summed E-state index contributed by atoms with van der Waals surface area (Å²) in [6.45, 7) is 0. The first kappa shape index (κ1) is 13.2. The Morgan fingerprint density at radius 1 is 1.37 bits per heavy atom. The van der Waals surface area contributed by atoms with Crippen molar-refractivity contribution in [2.75, 3.05) is 5.32 Å². The van der Waals surface area contributed by atoms with Gasteiger partial charge in [-0.2, -0.15) is 0 Å². The summed E-state index contributed by atoms with van der Waals surface area (Å²) in [6, 6.07) is 4.71. The monoisotopic (exact) mass is 328 g/mol. The van der Waals surface area contributed by atoms with Crippen molar-refractivity contribution in [3.63, 3.8) is 0 Å². The van der Waals surface area contributed by atoms with Crippen molar-refractivity contribution in [3.05, 3.63) is 46.0 Å². The number of carboxylic acids is 1. The number of amides is 1. The average molecular weight is 329 g/mol. The minimum absolute atomic E-state index is 0.186. The van der Waals surface area contributed by atoms with Gasteiger partial charge in [0.15, 0.2) is 5.69 Å². The quantitative estimate of drug-likeness (QED) is 0.903. The number of anilines is 1. The second-order valence-corrected chi connectivity index (χ2v) is 4.31. The Labute approximate surface area is 114 Å². The van der Waals surface area contributed by atoms with Gasteiger partial charge in [-0.3, -0.25) is 4.79 Å². The van der Waals surface area contributed by atoms with Gasteiger partial charge in [0.1, 0.15) is 5.82 Å². The molecular weight excluding hydrogens is 323 g/mol. The topological polar surface area (TPSA) is 92.4 Å². The molecule has 98 valence electrons. The SMILES string of the molecule is O=C(Nc1ccc(F)cc1Br)c1cc(C(=O)O)on1. The maximum atomic E-state index is 12.9. The lowest BCUT2D eigenvalue weighted by Crippen LogP contribution is -2.12. The minimum Gasteiger partial charge on any atom is -0.475 e. The molecule has 1 heterocycles. The molecule has 0 bridgehead atoms. The molecule has 0 aliphatic carbocycles. The van der Waals surface area contributed by atoms with E-state index in [-0.39, 0.29) is 5.69 Å². The molecule has 1 amide bonds. The van der Waals surface area contributed by atoms with Crippen LogP contribution in [-0.2, 0) is 0 Å². The highest BCUT2D eigenvalue weighted by Gasteiger charge is 2.17. The van der Waals surface area contributed by atoms with Gasteiger partial charge in [-0.1, -0.05) is 5.16 Å². The molecule has 1 aromatic carbocycles. The van der Waals surface area contributed by atoms with E-state index in [0.717, 1.165) is 6.07 Å². The van der Waals surface area contributed by atoms with Gasteiger partial charge >= 0.3 is 5.97 Å². The predicted molar refractivity (Wildman–Crippen MR) is 65.5 cm³/mol. The van der Waals surface area contributed by atoms with Crippen molar-refractivity contribution in [1.82, 2.24) is 5.16 Å². The molecule has 0 saturated carbocycles. The molecule has 0 saturated heterocycles. The largest absolute Gasteiger partial charge is 0.475 e. The van der Waals surface area contributed by atoms with Crippen LogP contribution < -0.4 is 5.32 Å². The van der Waals surface area contributed by atoms with Gasteiger partial charge in [0.2, 0.25) is 5.76 Å². The van der Waals surface area contributed by atoms with Gasteiger partial charge in [-0.25, -0.2) is 9.18 Å². The molecule has 2 rings (SSSR count). The summed E-state index contributed by atoms with van der Waals surface area (Å²) in [5, 5.41) is 14.4. The highest BCUT2D eigenvalue weighted by molar-refractivity contribution is 9.10. The lowest BCUT2D eigenvalue weighted by Gasteiger charge is -2.05. The number of aromatic nitrogens is 1. The highest BCUT2D eigenvalue weighted by atomic mass is 79.9. The molecule has 0 aliphatic heterocycles. The first-order valence-corrected chi connectivity index (χ1v) is 5.73. The smallest absolute Gasteiger partial charge is 0.374 e. The number of nitrogens with one attached hydrogen (secondary N) is 1.